The number of carbonyl (C=O) groups is 2. The minimum atomic E-state index is -0.942. The maximum atomic E-state index is 13.5. The molecule has 2 aliphatic rings. The third kappa shape index (κ3) is 4.49. The van der Waals surface area contributed by atoms with Crippen molar-refractivity contribution in [1.82, 2.24) is 4.98 Å². The SMILES string of the molecule is C=CCOc1ccc([C@H]2C(=C(O)c3ccc4c(c3)OCCO4)C(=O)C(=O)N2c2nc3ccc(Cl)cc3s2)cc1. The summed E-state index contributed by atoms with van der Waals surface area (Å²) in [6.45, 7) is 4.77. The molecule has 1 aromatic heterocycles. The number of halogens is 1. The number of aromatic nitrogens is 1. The number of hydrogen-bond donors (Lipinski definition) is 1. The van der Waals surface area contributed by atoms with Gasteiger partial charge in [-0.05, 0) is 54.1 Å². The Hall–Kier alpha value is -4.34. The molecule has 10 heteroatoms. The molecular formula is C29H21ClN2O6S. The van der Waals surface area contributed by atoms with E-state index < -0.39 is 17.7 Å². The van der Waals surface area contributed by atoms with Crippen molar-refractivity contribution < 1.29 is 28.9 Å². The van der Waals surface area contributed by atoms with Gasteiger partial charge < -0.3 is 19.3 Å². The molecular weight excluding hydrogens is 540 g/mol. The number of fused-ring (bicyclic) bond motifs is 2. The molecule has 3 aromatic carbocycles. The van der Waals surface area contributed by atoms with Gasteiger partial charge in [0.2, 0.25) is 0 Å². The van der Waals surface area contributed by atoms with Gasteiger partial charge in [0.05, 0.1) is 21.8 Å². The van der Waals surface area contributed by atoms with Crippen LogP contribution in [0.15, 0.2) is 78.9 Å². The van der Waals surface area contributed by atoms with Crippen LogP contribution in [0.3, 0.4) is 0 Å². The molecule has 0 spiro atoms. The zero-order chi connectivity index (χ0) is 27.1. The minimum Gasteiger partial charge on any atom is -0.507 e. The van der Waals surface area contributed by atoms with Crippen LogP contribution in [0.4, 0.5) is 5.13 Å². The predicted octanol–water partition coefficient (Wildman–Crippen LogP) is 5.91. The maximum Gasteiger partial charge on any atom is 0.301 e. The zero-order valence-electron chi connectivity index (χ0n) is 20.4. The molecule has 6 rings (SSSR count). The van der Waals surface area contributed by atoms with Gasteiger partial charge in [-0.25, -0.2) is 4.98 Å². The van der Waals surface area contributed by atoms with E-state index in [0.29, 0.717) is 63.9 Å². The minimum absolute atomic E-state index is 0.0614. The second-order valence-electron chi connectivity index (χ2n) is 8.80. The largest absolute Gasteiger partial charge is 0.507 e. The second kappa shape index (κ2) is 10.1. The highest BCUT2D eigenvalue weighted by molar-refractivity contribution is 7.22. The smallest absolute Gasteiger partial charge is 0.301 e. The van der Waals surface area contributed by atoms with Crippen molar-refractivity contribution in [3.8, 4) is 17.2 Å². The van der Waals surface area contributed by atoms with Gasteiger partial charge in [-0.1, -0.05) is 47.7 Å². The maximum absolute atomic E-state index is 13.5. The summed E-state index contributed by atoms with van der Waals surface area (Å²) in [6.07, 6.45) is 1.63. The number of benzene rings is 3. The van der Waals surface area contributed by atoms with Gasteiger partial charge in [0, 0.05) is 10.6 Å². The van der Waals surface area contributed by atoms with Crippen LogP contribution in [0.5, 0.6) is 17.2 Å². The Morgan fingerprint density at radius 3 is 2.64 bits per heavy atom. The number of ether oxygens (including phenoxy) is 3. The Balaban J connectivity index is 1.50. The van der Waals surface area contributed by atoms with Crippen LogP contribution >= 0.6 is 22.9 Å². The third-order valence-corrected chi connectivity index (χ3v) is 7.62. The Bertz CT molecular complexity index is 1660. The first-order valence-corrected chi connectivity index (χ1v) is 13.2. The van der Waals surface area contributed by atoms with Crippen LogP contribution in [0, 0.1) is 0 Å². The zero-order valence-corrected chi connectivity index (χ0v) is 22.0. The van der Waals surface area contributed by atoms with Crippen molar-refractivity contribution in [2.75, 3.05) is 24.7 Å². The number of aliphatic hydroxyl groups is 1. The highest BCUT2D eigenvalue weighted by Gasteiger charge is 2.48. The van der Waals surface area contributed by atoms with Gasteiger partial charge in [0.15, 0.2) is 16.6 Å². The van der Waals surface area contributed by atoms with Crippen molar-refractivity contribution >= 4 is 55.7 Å². The molecule has 8 nitrogen and oxygen atoms in total. The number of amides is 1. The summed E-state index contributed by atoms with van der Waals surface area (Å²) in [5.74, 6) is -0.361. The summed E-state index contributed by atoms with van der Waals surface area (Å²) in [7, 11) is 0. The number of aliphatic hydroxyl groups excluding tert-OH is 1. The van der Waals surface area contributed by atoms with Gasteiger partial charge in [0.1, 0.15) is 31.3 Å². The van der Waals surface area contributed by atoms with Crippen molar-refractivity contribution in [3.05, 3.63) is 95.0 Å². The first-order valence-electron chi connectivity index (χ1n) is 12.1. The van der Waals surface area contributed by atoms with Gasteiger partial charge >= 0.3 is 5.91 Å². The number of anilines is 1. The van der Waals surface area contributed by atoms with Gasteiger partial charge in [0.25, 0.3) is 5.78 Å². The molecule has 0 aliphatic carbocycles. The summed E-state index contributed by atoms with van der Waals surface area (Å²) in [6, 6.07) is 16.1. The molecule has 1 fully saturated rings. The van der Waals surface area contributed by atoms with Gasteiger partial charge in [-0.3, -0.25) is 14.5 Å². The van der Waals surface area contributed by atoms with E-state index >= 15 is 0 Å². The standard InChI is InChI=1S/C29H21ClN2O6S/c1-2-11-36-19-7-3-16(4-8-19)25-24(26(33)17-5-10-21-22(14-17)38-13-12-37-21)27(34)28(35)32(25)29-31-20-9-6-18(30)15-23(20)39-29/h2-10,14-15,25,33H,1,11-13H2/t25-/m0/s1. The molecule has 4 aromatic rings. The quantitative estimate of drug-likeness (QED) is 0.135. The van der Waals surface area contributed by atoms with Crippen LogP contribution in [-0.2, 0) is 9.59 Å². The number of Topliss-reactive ketones (excluding diaryl/α,β-unsaturated/α-hetero) is 1. The van der Waals surface area contributed by atoms with Crippen LogP contribution in [-0.4, -0.2) is 41.6 Å². The van der Waals surface area contributed by atoms with Gasteiger partial charge in [-0.15, -0.1) is 0 Å². The third-order valence-electron chi connectivity index (χ3n) is 6.37. The lowest BCUT2D eigenvalue weighted by Gasteiger charge is -2.23. The highest BCUT2D eigenvalue weighted by atomic mass is 35.5. The fourth-order valence-corrected chi connectivity index (χ4v) is 5.85. The lowest BCUT2D eigenvalue weighted by Crippen LogP contribution is -2.29. The number of hydrogen-bond acceptors (Lipinski definition) is 8. The van der Waals surface area contributed by atoms with E-state index in [1.54, 1.807) is 66.7 Å². The molecule has 1 atom stereocenters. The van der Waals surface area contributed by atoms with E-state index in [0.717, 1.165) is 4.70 Å². The summed E-state index contributed by atoms with van der Waals surface area (Å²) in [5.41, 5.74) is 1.49. The molecule has 0 unspecified atom stereocenters. The monoisotopic (exact) mass is 560 g/mol. The summed E-state index contributed by atoms with van der Waals surface area (Å²) >= 11 is 7.40. The number of rotatable bonds is 6. The average molecular weight is 561 g/mol. The van der Waals surface area contributed by atoms with E-state index in [1.807, 2.05) is 0 Å². The van der Waals surface area contributed by atoms with Crippen LogP contribution in [0.1, 0.15) is 17.2 Å². The Morgan fingerprint density at radius 1 is 1.10 bits per heavy atom. The molecule has 1 N–H and O–H groups in total. The van der Waals surface area contributed by atoms with E-state index in [2.05, 4.69) is 11.6 Å². The Labute approximate surface area is 232 Å². The lowest BCUT2D eigenvalue weighted by molar-refractivity contribution is -0.132. The number of carbonyl (C=O) groups excluding carboxylic acids is 2. The van der Waals surface area contributed by atoms with Gasteiger partial charge in [-0.2, -0.15) is 0 Å². The molecule has 1 amide bonds. The topological polar surface area (TPSA) is 98.2 Å². The van der Waals surface area contributed by atoms with Crippen molar-refractivity contribution in [3.63, 3.8) is 0 Å². The normalized spacial score (nSPS) is 18.0. The van der Waals surface area contributed by atoms with Crippen LogP contribution < -0.4 is 19.1 Å². The molecule has 2 aliphatic heterocycles. The number of thiazole rings is 1. The number of nitrogens with zero attached hydrogens (tertiary/aromatic N) is 2. The average Bonchev–Trinajstić information content (AvgIpc) is 3.48. The van der Waals surface area contributed by atoms with E-state index in [1.165, 1.54) is 16.2 Å². The Kier molecular flexibility index (Phi) is 6.46. The van der Waals surface area contributed by atoms with E-state index in [9.17, 15) is 14.7 Å². The van der Waals surface area contributed by atoms with Crippen LogP contribution in [0.25, 0.3) is 16.0 Å². The predicted molar refractivity (Wildman–Crippen MR) is 149 cm³/mol. The van der Waals surface area contributed by atoms with E-state index in [-0.39, 0.29) is 11.3 Å². The summed E-state index contributed by atoms with van der Waals surface area (Å²) in [4.78, 5) is 33.0. The highest BCUT2D eigenvalue weighted by Crippen LogP contribution is 2.45. The molecule has 0 radical (unpaired) electrons. The molecule has 3 heterocycles. The lowest BCUT2D eigenvalue weighted by atomic mass is 9.95. The van der Waals surface area contributed by atoms with E-state index in [4.69, 9.17) is 25.8 Å². The summed E-state index contributed by atoms with van der Waals surface area (Å²) < 4.78 is 17.6. The molecule has 1 saturated heterocycles. The molecule has 0 saturated carbocycles. The fraction of sp³-hybridized carbons (Fsp3) is 0.138. The molecule has 196 valence electrons. The Morgan fingerprint density at radius 2 is 1.87 bits per heavy atom. The molecule has 39 heavy (non-hydrogen) atoms. The first kappa shape index (κ1) is 25.0. The second-order valence-corrected chi connectivity index (χ2v) is 10.3. The number of ketones is 1. The van der Waals surface area contributed by atoms with Crippen molar-refractivity contribution in [2.24, 2.45) is 0 Å². The van der Waals surface area contributed by atoms with Crippen molar-refractivity contribution in [2.45, 2.75) is 6.04 Å². The fourth-order valence-electron chi connectivity index (χ4n) is 4.58. The summed E-state index contributed by atoms with van der Waals surface area (Å²) in [5, 5.41) is 12.3. The molecule has 0 bridgehead atoms. The van der Waals surface area contributed by atoms with Crippen molar-refractivity contribution in [1.29, 1.82) is 0 Å². The first-order chi connectivity index (χ1) is 18.9. The van der Waals surface area contributed by atoms with Crippen LogP contribution in [0.2, 0.25) is 5.02 Å².